The predicted octanol–water partition coefficient (Wildman–Crippen LogP) is 4.48. The average molecular weight is 550 g/mol. The number of amides is 2. The number of carbonyl (C=O) groups excluding carboxylic acids is 2. The molecule has 0 spiro atoms. The van der Waals surface area contributed by atoms with Crippen molar-refractivity contribution >= 4 is 35.7 Å². The highest BCUT2D eigenvalue weighted by Gasteiger charge is 2.26. The smallest absolute Gasteiger partial charge is 0.410 e. The van der Waals surface area contributed by atoms with Gasteiger partial charge in [0.15, 0.2) is 5.65 Å². The number of nitrogens with zero attached hydrogens (tertiary/aromatic N) is 5. The summed E-state index contributed by atoms with van der Waals surface area (Å²) < 4.78 is 13.0. The van der Waals surface area contributed by atoms with Gasteiger partial charge in [0.1, 0.15) is 11.4 Å². The molecule has 0 atom stereocenters. The summed E-state index contributed by atoms with van der Waals surface area (Å²) in [5, 5.41) is 6.75. The van der Waals surface area contributed by atoms with E-state index in [9.17, 15) is 9.59 Å². The number of ether oxygens (including phenoxy) is 2. The van der Waals surface area contributed by atoms with E-state index in [-0.39, 0.29) is 12.1 Å². The molecule has 1 aliphatic carbocycles. The Morgan fingerprint density at radius 2 is 1.98 bits per heavy atom. The predicted molar refractivity (Wildman–Crippen MR) is 155 cm³/mol. The minimum atomic E-state index is -0.495. The Morgan fingerprint density at radius 3 is 2.62 bits per heavy atom. The summed E-state index contributed by atoms with van der Waals surface area (Å²) in [6.45, 7) is 9.44. The molecular formula is C29H39N7O4. The third-order valence-electron chi connectivity index (χ3n) is 6.57. The second-order valence-electron chi connectivity index (χ2n) is 11.2. The van der Waals surface area contributed by atoms with Gasteiger partial charge < -0.3 is 25.4 Å². The number of piperidine rings is 1. The molecule has 3 heterocycles. The molecule has 3 N–H and O–H groups in total. The summed E-state index contributed by atoms with van der Waals surface area (Å²) in [7, 11) is 0. The van der Waals surface area contributed by atoms with Gasteiger partial charge in [0.05, 0.1) is 24.5 Å². The van der Waals surface area contributed by atoms with E-state index in [1.807, 2.05) is 46.2 Å². The standard InChI is InChI=1S/C22H32N4O4.C7H7N3/c1-22(2,3)30-21(28)26-8-6-17(7-9-26)24-12-16-10-19(25-14-27)20(11-18(16)23)29-13-15-4-5-15;1-6-5-9-10-4-2-3-8-7(6)10/h10-12,14-15,17H,4-9,13,23H2,1-3H3,(H,25,27);2-5H,1H3. The first kappa shape index (κ1) is 28.8. The van der Waals surface area contributed by atoms with Crippen molar-refractivity contribution in [1.82, 2.24) is 19.5 Å². The highest BCUT2D eigenvalue weighted by molar-refractivity contribution is 5.91. The Morgan fingerprint density at radius 1 is 1.23 bits per heavy atom. The number of likely N-dealkylation sites (tertiary alicyclic amines) is 1. The summed E-state index contributed by atoms with van der Waals surface area (Å²) in [4.78, 5) is 33.7. The SMILES string of the molecule is CC(C)(C)OC(=O)N1CCC(N=Cc2cc(NC=O)c(OCC3CC3)cc2N)CC1.Cc1cnn2cccnc12. The van der Waals surface area contributed by atoms with Crippen molar-refractivity contribution in [2.24, 2.45) is 10.9 Å². The minimum Gasteiger partial charge on any atom is -0.491 e. The number of nitrogens with two attached hydrogens (primary N) is 1. The van der Waals surface area contributed by atoms with Gasteiger partial charge in [-0.3, -0.25) is 9.79 Å². The normalized spacial score (nSPS) is 15.9. The largest absolute Gasteiger partial charge is 0.491 e. The third-order valence-corrected chi connectivity index (χ3v) is 6.57. The Balaban J connectivity index is 0.000000307. The fourth-order valence-corrected chi connectivity index (χ4v) is 4.17. The lowest BCUT2D eigenvalue weighted by Gasteiger charge is -2.32. The van der Waals surface area contributed by atoms with Gasteiger partial charge >= 0.3 is 6.09 Å². The van der Waals surface area contributed by atoms with Crippen LogP contribution < -0.4 is 15.8 Å². The number of nitrogens with one attached hydrogen (secondary N) is 1. The zero-order valence-electron chi connectivity index (χ0n) is 23.7. The van der Waals surface area contributed by atoms with E-state index < -0.39 is 5.60 Å². The maximum Gasteiger partial charge on any atom is 0.410 e. The second kappa shape index (κ2) is 12.8. The Kier molecular flexibility index (Phi) is 9.23. The van der Waals surface area contributed by atoms with Crippen molar-refractivity contribution < 1.29 is 19.1 Å². The van der Waals surface area contributed by atoms with E-state index in [4.69, 9.17) is 15.2 Å². The third kappa shape index (κ3) is 8.17. The zero-order valence-corrected chi connectivity index (χ0v) is 23.7. The van der Waals surface area contributed by atoms with Gasteiger partial charge in [-0.25, -0.2) is 14.3 Å². The number of nitrogen functional groups attached to an aromatic ring is 1. The van der Waals surface area contributed by atoms with E-state index in [2.05, 4.69) is 20.4 Å². The first-order chi connectivity index (χ1) is 19.1. The highest BCUT2D eigenvalue weighted by atomic mass is 16.6. The number of benzene rings is 1. The molecule has 2 aliphatic rings. The number of anilines is 2. The number of aryl methyl sites for hydroxylation is 1. The number of rotatable bonds is 7. The molecule has 1 aliphatic heterocycles. The topological polar surface area (TPSA) is 136 Å². The number of hydrogen-bond donors (Lipinski definition) is 2. The number of hydrogen-bond acceptors (Lipinski definition) is 8. The lowest BCUT2D eigenvalue weighted by molar-refractivity contribution is -0.105. The molecule has 2 aromatic heterocycles. The van der Waals surface area contributed by atoms with E-state index in [1.165, 1.54) is 12.8 Å². The lowest BCUT2D eigenvalue weighted by atomic mass is 10.1. The van der Waals surface area contributed by atoms with Crippen LogP contribution in [0.5, 0.6) is 5.75 Å². The monoisotopic (exact) mass is 549 g/mol. The van der Waals surface area contributed by atoms with Crippen molar-refractivity contribution in [3.63, 3.8) is 0 Å². The quantitative estimate of drug-likeness (QED) is 0.252. The summed E-state index contributed by atoms with van der Waals surface area (Å²) in [5.74, 6) is 1.18. The molecule has 11 heteroatoms. The first-order valence-corrected chi connectivity index (χ1v) is 13.7. The highest BCUT2D eigenvalue weighted by Crippen LogP contribution is 2.34. The maximum absolute atomic E-state index is 12.2. The van der Waals surface area contributed by atoms with Gasteiger partial charge in [0.2, 0.25) is 6.41 Å². The minimum absolute atomic E-state index is 0.108. The van der Waals surface area contributed by atoms with Crippen molar-refractivity contribution in [1.29, 1.82) is 0 Å². The molecule has 0 radical (unpaired) electrons. The summed E-state index contributed by atoms with van der Waals surface area (Å²) in [6, 6.07) is 5.49. The first-order valence-electron chi connectivity index (χ1n) is 13.7. The fraction of sp³-hybridized carbons (Fsp3) is 0.483. The molecule has 2 amide bonds. The van der Waals surface area contributed by atoms with Crippen LogP contribution in [0.4, 0.5) is 16.2 Å². The zero-order chi connectivity index (χ0) is 28.7. The molecule has 40 heavy (non-hydrogen) atoms. The Hall–Kier alpha value is -4.15. The Bertz CT molecular complexity index is 1340. The van der Waals surface area contributed by atoms with Crippen molar-refractivity contribution in [2.45, 2.75) is 65.0 Å². The molecular weight excluding hydrogens is 510 g/mol. The van der Waals surface area contributed by atoms with E-state index in [0.29, 0.717) is 49.1 Å². The molecule has 1 saturated carbocycles. The van der Waals surface area contributed by atoms with Crippen LogP contribution in [-0.2, 0) is 9.53 Å². The van der Waals surface area contributed by atoms with Gasteiger partial charge in [-0.1, -0.05) is 0 Å². The van der Waals surface area contributed by atoms with Gasteiger partial charge in [-0.15, -0.1) is 0 Å². The molecule has 3 aromatic rings. The molecule has 214 valence electrons. The van der Waals surface area contributed by atoms with E-state index in [1.54, 1.807) is 34.0 Å². The fourth-order valence-electron chi connectivity index (χ4n) is 4.17. The second-order valence-corrected chi connectivity index (χ2v) is 11.2. The molecule has 1 aromatic carbocycles. The number of carbonyl (C=O) groups is 2. The maximum atomic E-state index is 12.2. The molecule has 1 saturated heterocycles. The van der Waals surface area contributed by atoms with Crippen LogP contribution in [0.25, 0.3) is 5.65 Å². The number of fused-ring (bicyclic) bond motifs is 1. The van der Waals surface area contributed by atoms with E-state index in [0.717, 1.165) is 29.6 Å². The van der Waals surface area contributed by atoms with Crippen molar-refractivity contribution in [3.8, 4) is 5.75 Å². The van der Waals surface area contributed by atoms with Gasteiger partial charge in [0, 0.05) is 54.6 Å². The summed E-state index contributed by atoms with van der Waals surface area (Å²) in [6.07, 6.45) is 11.4. The number of aromatic nitrogens is 3. The van der Waals surface area contributed by atoms with Crippen LogP contribution in [0, 0.1) is 12.8 Å². The molecule has 0 unspecified atom stereocenters. The molecule has 0 bridgehead atoms. The van der Waals surface area contributed by atoms with Crippen LogP contribution >= 0.6 is 0 Å². The van der Waals surface area contributed by atoms with Crippen LogP contribution in [0.2, 0.25) is 0 Å². The van der Waals surface area contributed by atoms with Crippen LogP contribution in [-0.4, -0.2) is 69.6 Å². The lowest BCUT2D eigenvalue weighted by Crippen LogP contribution is -2.42. The van der Waals surface area contributed by atoms with Gasteiger partial charge in [0.25, 0.3) is 0 Å². The molecule has 11 nitrogen and oxygen atoms in total. The summed E-state index contributed by atoms with van der Waals surface area (Å²) >= 11 is 0. The molecule has 5 rings (SSSR count). The van der Waals surface area contributed by atoms with Gasteiger partial charge in [-0.2, -0.15) is 5.10 Å². The van der Waals surface area contributed by atoms with Crippen molar-refractivity contribution in [3.05, 3.63) is 47.9 Å². The van der Waals surface area contributed by atoms with Crippen LogP contribution in [0.3, 0.4) is 0 Å². The number of aliphatic imine (C=N–C) groups is 1. The van der Waals surface area contributed by atoms with Gasteiger partial charge in [-0.05, 0) is 71.4 Å². The average Bonchev–Trinajstić information content (AvgIpc) is 3.68. The Labute approximate surface area is 234 Å². The van der Waals surface area contributed by atoms with Crippen LogP contribution in [0.1, 0.15) is 57.6 Å². The summed E-state index contributed by atoms with van der Waals surface area (Å²) in [5.41, 5.74) is 9.60. The van der Waals surface area contributed by atoms with Crippen molar-refractivity contribution in [2.75, 3.05) is 30.7 Å². The van der Waals surface area contributed by atoms with Crippen LogP contribution in [0.15, 0.2) is 41.8 Å². The van der Waals surface area contributed by atoms with E-state index >= 15 is 0 Å². The molecule has 2 fully saturated rings.